The van der Waals surface area contributed by atoms with Gasteiger partial charge in [0, 0.05) is 23.7 Å². The molecular weight excluding hydrogens is 293 g/mol. The van der Waals surface area contributed by atoms with Gasteiger partial charge in [-0.2, -0.15) is 0 Å². The van der Waals surface area contributed by atoms with Gasteiger partial charge >= 0.3 is 0 Å². The highest BCUT2D eigenvalue weighted by Crippen LogP contribution is 2.30. The van der Waals surface area contributed by atoms with Crippen LogP contribution in [-0.2, 0) is 17.8 Å². The van der Waals surface area contributed by atoms with Crippen LogP contribution in [0.15, 0.2) is 48.5 Å². The number of para-hydroxylation sites is 1. The van der Waals surface area contributed by atoms with Crippen molar-refractivity contribution in [1.82, 2.24) is 4.90 Å². The summed E-state index contributed by atoms with van der Waals surface area (Å²) in [7, 11) is 1.60. The fourth-order valence-corrected chi connectivity index (χ4v) is 2.73. The highest BCUT2D eigenvalue weighted by atomic mass is 19.1. The van der Waals surface area contributed by atoms with Crippen LogP contribution < -0.4 is 4.74 Å². The largest absolute Gasteiger partial charge is 0.496 e. The second kappa shape index (κ2) is 6.82. The van der Waals surface area contributed by atoms with Crippen molar-refractivity contribution in [3.05, 3.63) is 65.5 Å². The number of rotatable bonds is 6. The summed E-state index contributed by atoms with van der Waals surface area (Å²) in [5.74, 6) is 0.464. The molecule has 1 fully saturated rings. The smallest absolute Gasteiger partial charge is 0.227 e. The Hall–Kier alpha value is -2.36. The zero-order valence-corrected chi connectivity index (χ0v) is 13.2. The molecule has 0 saturated heterocycles. The summed E-state index contributed by atoms with van der Waals surface area (Å²) in [6.45, 7) is 0.325. The van der Waals surface area contributed by atoms with Crippen LogP contribution in [0.3, 0.4) is 0 Å². The molecule has 0 radical (unpaired) electrons. The van der Waals surface area contributed by atoms with Gasteiger partial charge in [0.05, 0.1) is 13.5 Å². The Balaban J connectivity index is 1.76. The minimum Gasteiger partial charge on any atom is -0.496 e. The Labute approximate surface area is 135 Å². The van der Waals surface area contributed by atoms with Crippen molar-refractivity contribution >= 4 is 5.91 Å². The van der Waals surface area contributed by atoms with E-state index in [1.165, 1.54) is 6.07 Å². The summed E-state index contributed by atoms with van der Waals surface area (Å²) in [6, 6.07) is 14.4. The molecule has 1 saturated carbocycles. The van der Waals surface area contributed by atoms with Crippen molar-refractivity contribution in [2.75, 3.05) is 7.11 Å². The van der Waals surface area contributed by atoms with Gasteiger partial charge in [-0.1, -0.05) is 36.4 Å². The third kappa shape index (κ3) is 3.70. The Kier molecular flexibility index (Phi) is 4.60. The first-order chi connectivity index (χ1) is 11.2. The molecule has 1 amide bonds. The lowest BCUT2D eigenvalue weighted by molar-refractivity contribution is -0.131. The van der Waals surface area contributed by atoms with Crippen LogP contribution in [0, 0.1) is 5.82 Å². The molecule has 3 rings (SSSR count). The van der Waals surface area contributed by atoms with Crippen LogP contribution in [0.25, 0.3) is 0 Å². The van der Waals surface area contributed by atoms with Crippen molar-refractivity contribution < 1.29 is 13.9 Å². The highest BCUT2D eigenvalue weighted by molar-refractivity contribution is 5.80. The summed E-state index contributed by atoms with van der Waals surface area (Å²) in [5, 5.41) is 0. The Morgan fingerprint density at radius 3 is 2.43 bits per heavy atom. The van der Waals surface area contributed by atoms with Crippen LogP contribution in [0.4, 0.5) is 4.39 Å². The van der Waals surface area contributed by atoms with E-state index in [-0.39, 0.29) is 24.2 Å². The summed E-state index contributed by atoms with van der Waals surface area (Å²) in [4.78, 5) is 14.5. The molecule has 4 heteroatoms. The molecule has 3 nitrogen and oxygen atoms in total. The number of ether oxygens (including phenoxy) is 1. The number of hydrogen-bond acceptors (Lipinski definition) is 2. The van der Waals surface area contributed by atoms with Gasteiger partial charge in [0.25, 0.3) is 0 Å². The first kappa shape index (κ1) is 15.5. The number of benzene rings is 2. The second-order valence-electron chi connectivity index (χ2n) is 5.83. The fraction of sp³-hybridized carbons (Fsp3) is 0.316. The van der Waals surface area contributed by atoms with E-state index in [4.69, 9.17) is 4.74 Å². The fourth-order valence-electron chi connectivity index (χ4n) is 2.73. The molecule has 0 aromatic heterocycles. The van der Waals surface area contributed by atoms with Crippen LogP contribution in [-0.4, -0.2) is 24.0 Å². The lowest BCUT2D eigenvalue weighted by Gasteiger charge is -2.23. The van der Waals surface area contributed by atoms with E-state index in [0.29, 0.717) is 17.9 Å². The molecule has 2 aromatic rings. The number of nitrogens with zero attached hydrogens (tertiary/aromatic N) is 1. The average Bonchev–Trinajstić information content (AvgIpc) is 3.39. The predicted molar refractivity (Wildman–Crippen MR) is 86.7 cm³/mol. The van der Waals surface area contributed by atoms with Gasteiger partial charge in [-0.15, -0.1) is 0 Å². The standard InChI is InChI=1S/C19H20FNO2/c1-23-18-9-5-3-6-14(18)12-19(22)21(16-10-11-16)13-15-7-2-4-8-17(15)20/h2-9,16H,10-13H2,1H3. The van der Waals surface area contributed by atoms with Crippen LogP contribution >= 0.6 is 0 Å². The lowest BCUT2D eigenvalue weighted by atomic mass is 10.1. The average molecular weight is 313 g/mol. The van der Waals surface area contributed by atoms with Crippen molar-refractivity contribution in [3.8, 4) is 5.75 Å². The van der Waals surface area contributed by atoms with Gasteiger partial charge in [-0.05, 0) is 25.0 Å². The number of methoxy groups -OCH3 is 1. The molecule has 0 spiro atoms. The molecule has 0 heterocycles. The van der Waals surface area contributed by atoms with Crippen molar-refractivity contribution in [2.24, 2.45) is 0 Å². The summed E-state index contributed by atoms with van der Waals surface area (Å²) >= 11 is 0. The van der Waals surface area contributed by atoms with Gasteiger partial charge < -0.3 is 9.64 Å². The van der Waals surface area contributed by atoms with Crippen LogP contribution in [0.5, 0.6) is 5.75 Å². The third-order valence-electron chi connectivity index (χ3n) is 4.14. The third-order valence-corrected chi connectivity index (χ3v) is 4.14. The molecule has 0 atom stereocenters. The first-order valence-electron chi connectivity index (χ1n) is 7.84. The highest BCUT2D eigenvalue weighted by Gasteiger charge is 2.33. The summed E-state index contributed by atoms with van der Waals surface area (Å²) in [6.07, 6.45) is 2.26. The molecule has 1 aliphatic carbocycles. The van der Waals surface area contributed by atoms with Crippen LogP contribution in [0.2, 0.25) is 0 Å². The molecule has 0 bridgehead atoms. The molecule has 23 heavy (non-hydrogen) atoms. The van der Waals surface area contributed by atoms with Crippen molar-refractivity contribution in [2.45, 2.75) is 31.8 Å². The second-order valence-corrected chi connectivity index (χ2v) is 5.83. The first-order valence-corrected chi connectivity index (χ1v) is 7.84. The Morgan fingerprint density at radius 1 is 1.13 bits per heavy atom. The van der Waals surface area contributed by atoms with Crippen LogP contribution in [0.1, 0.15) is 24.0 Å². The van der Waals surface area contributed by atoms with Gasteiger partial charge in [0.15, 0.2) is 0 Å². The molecule has 0 aliphatic heterocycles. The maximum atomic E-state index is 13.9. The van der Waals surface area contributed by atoms with E-state index in [1.54, 1.807) is 30.2 Å². The number of hydrogen-bond donors (Lipinski definition) is 0. The number of carbonyl (C=O) groups excluding carboxylic acids is 1. The zero-order chi connectivity index (χ0) is 16.2. The SMILES string of the molecule is COc1ccccc1CC(=O)N(Cc1ccccc1F)C1CC1. The van der Waals surface area contributed by atoms with Gasteiger partial charge in [-0.3, -0.25) is 4.79 Å². The molecule has 2 aromatic carbocycles. The minimum absolute atomic E-state index is 0.0141. The quantitative estimate of drug-likeness (QED) is 0.816. The normalized spacial score (nSPS) is 13.7. The van der Waals surface area contributed by atoms with Gasteiger partial charge in [0.2, 0.25) is 5.91 Å². The topological polar surface area (TPSA) is 29.5 Å². The van der Waals surface area contributed by atoms with E-state index < -0.39 is 0 Å². The van der Waals surface area contributed by atoms with E-state index in [2.05, 4.69) is 0 Å². The number of halogens is 1. The maximum Gasteiger partial charge on any atom is 0.227 e. The molecule has 0 unspecified atom stereocenters. The van der Waals surface area contributed by atoms with E-state index in [0.717, 1.165) is 18.4 Å². The van der Waals surface area contributed by atoms with E-state index in [9.17, 15) is 9.18 Å². The van der Waals surface area contributed by atoms with Gasteiger partial charge in [0.1, 0.15) is 11.6 Å². The monoisotopic (exact) mass is 313 g/mol. The maximum absolute atomic E-state index is 13.9. The molecule has 1 aliphatic rings. The van der Waals surface area contributed by atoms with E-state index in [1.807, 2.05) is 24.3 Å². The predicted octanol–water partition coefficient (Wildman–Crippen LogP) is 3.57. The molecular formula is C19H20FNO2. The molecule has 0 N–H and O–H groups in total. The lowest BCUT2D eigenvalue weighted by Crippen LogP contribution is -2.34. The Bertz CT molecular complexity index is 697. The Morgan fingerprint density at radius 2 is 1.78 bits per heavy atom. The van der Waals surface area contributed by atoms with E-state index >= 15 is 0 Å². The van der Waals surface area contributed by atoms with Gasteiger partial charge in [-0.25, -0.2) is 4.39 Å². The number of amides is 1. The summed E-state index contributed by atoms with van der Waals surface area (Å²) in [5.41, 5.74) is 1.42. The van der Waals surface area contributed by atoms with Crippen molar-refractivity contribution in [3.63, 3.8) is 0 Å². The number of carbonyl (C=O) groups is 1. The van der Waals surface area contributed by atoms with Crippen molar-refractivity contribution in [1.29, 1.82) is 0 Å². The zero-order valence-electron chi connectivity index (χ0n) is 13.2. The summed E-state index contributed by atoms with van der Waals surface area (Å²) < 4.78 is 19.2. The minimum atomic E-state index is -0.261. The molecule has 120 valence electrons.